The standard InChI is InChI=1S/C12H19NO2/c1-3-10-9-4-8(14)6-12(10,13)5-7(2)11(9)15/h3,7,9,11,15H,4-6,13H2,1-2H3/t7-,9-,11-,12-/m0/s1. The zero-order valence-corrected chi connectivity index (χ0v) is 9.36. The lowest BCUT2D eigenvalue weighted by molar-refractivity contribution is -0.126. The van der Waals surface area contributed by atoms with Gasteiger partial charge in [-0.3, -0.25) is 4.79 Å². The molecule has 2 aliphatic carbocycles. The highest BCUT2D eigenvalue weighted by Crippen LogP contribution is 2.46. The zero-order valence-electron chi connectivity index (χ0n) is 9.36. The Kier molecular flexibility index (Phi) is 2.47. The number of aliphatic hydroxyl groups is 1. The van der Waals surface area contributed by atoms with E-state index in [2.05, 4.69) is 0 Å². The van der Waals surface area contributed by atoms with Crippen molar-refractivity contribution >= 4 is 5.78 Å². The second kappa shape index (κ2) is 3.42. The van der Waals surface area contributed by atoms with Crippen molar-refractivity contribution in [1.82, 2.24) is 0 Å². The number of allylic oxidation sites excluding steroid dienone is 1. The summed E-state index contributed by atoms with van der Waals surface area (Å²) >= 11 is 0. The molecule has 0 aliphatic heterocycles. The SMILES string of the molecule is CC=C1[C@@H]2CC(=O)C[C@@]1(N)C[C@H](C)[C@@H]2O. The summed E-state index contributed by atoms with van der Waals surface area (Å²) in [5.41, 5.74) is 6.91. The quantitative estimate of drug-likeness (QED) is 0.585. The van der Waals surface area contributed by atoms with E-state index in [4.69, 9.17) is 5.73 Å². The first kappa shape index (κ1) is 10.8. The molecule has 0 amide bonds. The minimum atomic E-state index is -0.479. The van der Waals surface area contributed by atoms with Gasteiger partial charge in [-0.15, -0.1) is 0 Å². The maximum Gasteiger partial charge on any atom is 0.135 e. The zero-order chi connectivity index (χ0) is 11.2. The lowest BCUT2D eigenvalue weighted by Gasteiger charge is -2.49. The number of ketones is 1. The van der Waals surface area contributed by atoms with Crippen molar-refractivity contribution in [3.8, 4) is 0 Å². The summed E-state index contributed by atoms with van der Waals surface area (Å²) in [5, 5.41) is 10.1. The normalized spacial score (nSPS) is 48.4. The summed E-state index contributed by atoms with van der Waals surface area (Å²) in [4.78, 5) is 11.6. The van der Waals surface area contributed by atoms with E-state index in [0.717, 1.165) is 12.0 Å². The van der Waals surface area contributed by atoms with Gasteiger partial charge in [-0.05, 0) is 24.8 Å². The van der Waals surface area contributed by atoms with Crippen LogP contribution in [0, 0.1) is 11.8 Å². The second-order valence-electron chi connectivity index (χ2n) is 5.10. The second-order valence-corrected chi connectivity index (χ2v) is 5.10. The summed E-state index contributed by atoms with van der Waals surface area (Å²) < 4.78 is 0. The summed E-state index contributed by atoms with van der Waals surface area (Å²) in [6.07, 6.45) is 3.21. The Bertz CT molecular complexity index is 324. The molecule has 15 heavy (non-hydrogen) atoms. The van der Waals surface area contributed by atoms with Gasteiger partial charge in [-0.2, -0.15) is 0 Å². The van der Waals surface area contributed by atoms with Crippen molar-refractivity contribution in [2.45, 2.75) is 44.8 Å². The van der Waals surface area contributed by atoms with Gasteiger partial charge in [-0.1, -0.05) is 13.0 Å². The number of hydrogen-bond acceptors (Lipinski definition) is 3. The van der Waals surface area contributed by atoms with E-state index in [1.54, 1.807) is 0 Å². The first-order valence-corrected chi connectivity index (χ1v) is 5.63. The van der Waals surface area contributed by atoms with Crippen LogP contribution in [0.15, 0.2) is 11.6 Å². The van der Waals surface area contributed by atoms with Crippen LogP contribution in [0.3, 0.4) is 0 Å². The average molecular weight is 209 g/mol. The summed E-state index contributed by atoms with van der Waals surface area (Å²) in [5.74, 6) is 0.348. The third-order valence-electron chi connectivity index (χ3n) is 3.93. The maximum atomic E-state index is 11.6. The molecule has 3 nitrogen and oxygen atoms in total. The fourth-order valence-corrected chi connectivity index (χ4v) is 3.34. The number of carbonyl (C=O) groups is 1. The molecule has 2 rings (SSSR count). The Morgan fingerprint density at radius 1 is 1.60 bits per heavy atom. The van der Waals surface area contributed by atoms with E-state index in [-0.39, 0.29) is 17.6 Å². The maximum absolute atomic E-state index is 11.6. The van der Waals surface area contributed by atoms with E-state index in [9.17, 15) is 9.90 Å². The van der Waals surface area contributed by atoms with E-state index >= 15 is 0 Å². The van der Waals surface area contributed by atoms with Gasteiger partial charge >= 0.3 is 0 Å². The molecule has 2 saturated carbocycles. The van der Waals surface area contributed by atoms with Gasteiger partial charge < -0.3 is 10.8 Å². The molecule has 0 aromatic carbocycles. The lowest BCUT2D eigenvalue weighted by atomic mass is 9.59. The van der Waals surface area contributed by atoms with E-state index in [0.29, 0.717) is 12.8 Å². The van der Waals surface area contributed by atoms with Gasteiger partial charge in [0.15, 0.2) is 0 Å². The molecule has 2 aliphatic rings. The number of Topliss-reactive ketones (excluding diaryl/α,β-unsaturated/α-hetero) is 1. The van der Waals surface area contributed by atoms with Crippen LogP contribution >= 0.6 is 0 Å². The topological polar surface area (TPSA) is 63.3 Å². The molecule has 0 aromatic heterocycles. The van der Waals surface area contributed by atoms with Crippen LogP contribution in [0.25, 0.3) is 0 Å². The Balaban J connectivity index is 2.41. The van der Waals surface area contributed by atoms with Gasteiger partial charge in [0, 0.05) is 24.3 Å². The Morgan fingerprint density at radius 2 is 2.27 bits per heavy atom. The number of nitrogens with two attached hydrogens (primary N) is 1. The number of rotatable bonds is 0. The first-order valence-electron chi connectivity index (χ1n) is 5.63. The molecular formula is C12H19NO2. The highest BCUT2D eigenvalue weighted by Gasteiger charge is 2.50. The Morgan fingerprint density at radius 3 is 2.87 bits per heavy atom. The lowest BCUT2D eigenvalue weighted by Crippen LogP contribution is -2.58. The third kappa shape index (κ3) is 1.54. The number of hydrogen-bond donors (Lipinski definition) is 2. The Hall–Kier alpha value is -0.670. The summed E-state index contributed by atoms with van der Waals surface area (Å²) in [6.45, 7) is 3.96. The van der Waals surface area contributed by atoms with Crippen LogP contribution in [0.1, 0.15) is 33.1 Å². The predicted molar refractivity (Wildman–Crippen MR) is 58.2 cm³/mol. The molecule has 0 radical (unpaired) electrons. The van der Waals surface area contributed by atoms with Crippen molar-refractivity contribution in [2.24, 2.45) is 17.6 Å². The minimum absolute atomic E-state index is 0.0370. The molecule has 0 unspecified atom stereocenters. The molecule has 2 bridgehead atoms. The molecule has 2 fully saturated rings. The van der Waals surface area contributed by atoms with Crippen LogP contribution < -0.4 is 5.73 Å². The van der Waals surface area contributed by atoms with E-state index in [1.165, 1.54) is 0 Å². The first-order chi connectivity index (χ1) is 6.98. The molecule has 0 aromatic rings. The summed E-state index contributed by atoms with van der Waals surface area (Å²) in [7, 11) is 0. The Labute approximate surface area is 90.3 Å². The van der Waals surface area contributed by atoms with Gasteiger partial charge in [0.2, 0.25) is 0 Å². The third-order valence-corrected chi connectivity index (χ3v) is 3.93. The van der Waals surface area contributed by atoms with Crippen LogP contribution in [-0.2, 0) is 4.79 Å². The monoisotopic (exact) mass is 209 g/mol. The number of aliphatic hydroxyl groups excluding tert-OH is 1. The fraction of sp³-hybridized carbons (Fsp3) is 0.750. The average Bonchev–Trinajstić information content (AvgIpc) is 2.13. The summed E-state index contributed by atoms with van der Waals surface area (Å²) in [6, 6.07) is 0. The van der Waals surface area contributed by atoms with Gasteiger partial charge in [0.05, 0.1) is 6.10 Å². The fourth-order valence-electron chi connectivity index (χ4n) is 3.34. The van der Waals surface area contributed by atoms with Gasteiger partial charge in [0.1, 0.15) is 5.78 Å². The van der Waals surface area contributed by atoms with Crippen LogP contribution in [0.5, 0.6) is 0 Å². The van der Waals surface area contributed by atoms with Crippen molar-refractivity contribution < 1.29 is 9.90 Å². The molecule has 0 spiro atoms. The van der Waals surface area contributed by atoms with Crippen molar-refractivity contribution in [1.29, 1.82) is 0 Å². The van der Waals surface area contributed by atoms with E-state index < -0.39 is 11.6 Å². The molecular weight excluding hydrogens is 190 g/mol. The van der Waals surface area contributed by atoms with Gasteiger partial charge in [0.25, 0.3) is 0 Å². The van der Waals surface area contributed by atoms with Crippen LogP contribution in [0.4, 0.5) is 0 Å². The smallest absolute Gasteiger partial charge is 0.135 e. The number of fused-ring (bicyclic) bond motifs is 2. The molecule has 3 N–H and O–H groups in total. The molecule has 0 heterocycles. The van der Waals surface area contributed by atoms with Crippen LogP contribution in [0.2, 0.25) is 0 Å². The molecule has 4 atom stereocenters. The van der Waals surface area contributed by atoms with Gasteiger partial charge in [-0.25, -0.2) is 0 Å². The largest absolute Gasteiger partial charge is 0.392 e. The minimum Gasteiger partial charge on any atom is -0.392 e. The predicted octanol–water partition coefficient (Wildman–Crippen LogP) is 1.01. The number of carbonyl (C=O) groups excluding carboxylic acids is 1. The highest BCUT2D eigenvalue weighted by molar-refractivity contribution is 5.83. The highest BCUT2D eigenvalue weighted by atomic mass is 16.3. The van der Waals surface area contributed by atoms with Crippen molar-refractivity contribution in [3.63, 3.8) is 0 Å². The van der Waals surface area contributed by atoms with Crippen molar-refractivity contribution in [3.05, 3.63) is 11.6 Å². The van der Waals surface area contributed by atoms with Crippen molar-refractivity contribution in [2.75, 3.05) is 0 Å². The van der Waals surface area contributed by atoms with E-state index in [1.807, 2.05) is 19.9 Å². The molecule has 84 valence electrons. The molecule has 0 saturated heterocycles. The molecule has 3 heteroatoms. The van der Waals surface area contributed by atoms with Crippen LogP contribution in [-0.4, -0.2) is 22.5 Å².